The number of carboxylic acids is 1. The van der Waals surface area contributed by atoms with Gasteiger partial charge in [0, 0.05) is 6.42 Å². The molecule has 13 nitrogen and oxygen atoms in total. The van der Waals surface area contributed by atoms with Crippen molar-refractivity contribution in [3.05, 3.63) is 29.8 Å². The molecule has 1 aromatic rings. The maximum absolute atomic E-state index is 13.2. The molecule has 0 bridgehead atoms. The van der Waals surface area contributed by atoms with Gasteiger partial charge in [-0.1, -0.05) is 12.1 Å². The molecule has 5 atom stereocenters. The molecule has 36 heavy (non-hydrogen) atoms. The van der Waals surface area contributed by atoms with Crippen LogP contribution in [0.2, 0.25) is 0 Å². The van der Waals surface area contributed by atoms with E-state index >= 15 is 0 Å². The number of nitrogens with two attached hydrogens (primary N) is 2. The van der Waals surface area contributed by atoms with E-state index in [0.29, 0.717) is 11.3 Å². The topological polar surface area (TPSA) is 234 Å². The fourth-order valence-electron chi connectivity index (χ4n) is 3.01. The number of aliphatic carboxylic acids is 1. The number of aromatic hydroxyl groups is 1. The van der Waals surface area contributed by atoms with E-state index in [0.717, 1.165) is 0 Å². The van der Waals surface area contributed by atoms with Crippen molar-refractivity contribution in [2.24, 2.45) is 11.5 Å². The van der Waals surface area contributed by atoms with Crippen molar-refractivity contribution in [3.63, 3.8) is 0 Å². The third-order valence-electron chi connectivity index (χ3n) is 5.10. The van der Waals surface area contributed by atoms with Crippen LogP contribution in [0.25, 0.3) is 0 Å². The Morgan fingerprint density at radius 2 is 1.47 bits per heavy atom. The highest BCUT2D eigenvalue weighted by atomic mass is 32.2. The SMILES string of the molecule is CSCCC(NC(=O)C(Cc1ccc(O)cc1)NC(=O)C(N)C(C)O)C(=O)NC(CC(N)=O)C(=O)O. The van der Waals surface area contributed by atoms with Crippen LogP contribution in [0.3, 0.4) is 0 Å². The molecule has 0 fully saturated rings. The Hall–Kier alpha value is -3.36. The molecule has 0 heterocycles. The number of aliphatic hydroxyl groups excluding tert-OH is 1. The van der Waals surface area contributed by atoms with Crippen molar-refractivity contribution in [1.29, 1.82) is 0 Å². The van der Waals surface area contributed by atoms with Crippen molar-refractivity contribution in [3.8, 4) is 5.75 Å². The number of phenols is 1. The molecule has 0 aliphatic heterocycles. The maximum Gasteiger partial charge on any atom is 0.326 e. The molecule has 5 unspecified atom stereocenters. The van der Waals surface area contributed by atoms with Crippen LogP contribution in [0, 0.1) is 0 Å². The van der Waals surface area contributed by atoms with Gasteiger partial charge in [-0.05, 0) is 43.0 Å². The number of carbonyl (C=O) groups excluding carboxylic acids is 4. The van der Waals surface area contributed by atoms with Crippen LogP contribution in [0.5, 0.6) is 5.75 Å². The molecular formula is C22H33N5O8S. The van der Waals surface area contributed by atoms with Gasteiger partial charge < -0.3 is 42.7 Å². The second kappa shape index (κ2) is 14.9. The Kier molecular flexibility index (Phi) is 12.7. The standard InChI is InChI=1S/C22H33N5O8S/c1-11(28)18(24)21(33)26-15(9-12-3-5-13(29)6-4-12)20(32)25-14(7-8-36-2)19(31)27-16(22(34)35)10-17(23)30/h3-6,11,14-16,18,28-29H,7-10,24H2,1-2H3,(H2,23,30)(H,25,32)(H,26,33)(H,27,31)(H,34,35). The molecule has 200 valence electrons. The number of rotatable bonds is 15. The number of primary amides is 1. The molecule has 0 spiro atoms. The Balaban J connectivity index is 3.12. The minimum atomic E-state index is -1.58. The van der Waals surface area contributed by atoms with Crippen molar-refractivity contribution >= 4 is 41.4 Å². The van der Waals surface area contributed by atoms with Crippen LogP contribution in [0.15, 0.2) is 24.3 Å². The monoisotopic (exact) mass is 527 g/mol. The van der Waals surface area contributed by atoms with E-state index in [1.54, 1.807) is 6.26 Å². The first kappa shape index (κ1) is 30.7. The van der Waals surface area contributed by atoms with Gasteiger partial charge in [0.15, 0.2) is 0 Å². The van der Waals surface area contributed by atoms with Crippen molar-refractivity contribution in [1.82, 2.24) is 16.0 Å². The minimum absolute atomic E-state index is 0.00217. The summed E-state index contributed by atoms with van der Waals surface area (Å²) in [5.74, 6) is -4.40. The number of nitrogens with one attached hydrogen (secondary N) is 3. The first-order chi connectivity index (χ1) is 16.8. The van der Waals surface area contributed by atoms with Crippen molar-refractivity contribution < 1.29 is 39.3 Å². The van der Waals surface area contributed by atoms with Crippen LogP contribution < -0.4 is 27.4 Å². The number of hydrogen-bond acceptors (Lipinski definition) is 9. The van der Waals surface area contributed by atoms with Crippen molar-refractivity contribution in [2.45, 2.75) is 56.5 Å². The highest BCUT2D eigenvalue weighted by molar-refractivity contribution is 7.98. The largest absolute Gasteiger partial charge is 0.508 e. The first-order valence-corrected chi connectivity index (χ1v) is 12.4. The zero-order valence-corrected chi connectivity index (χ0v) is 20.8. The Morgan fingerprint density at radius 1 is 0.944 bits per heavy atom. The van der Waals surface area contributed by atoms with E-state index < -0.39 is 66.3 Å². The molecule has 0 radical (unpaired) electrons. The summed E-state index contributed by atoms with van der Waals surface area (Å²) >= 11 is 1.38. The highest BCUT2D eigenvalue weighted by Gasteiger charge is 2.31. The van der Waals surface area contributed by atoms with Crippen LogP contribution in [0.4, 0.5) is 0 Å². The number of carboxylic acid groups (broad SMARTS) is 1. The first-order valence-electron chi connectivity index (χ1n) is 11.0. The summed E-state index contributed by atoms with van der Waals surface area (Å²) in [6.07, 6.45) is 0.0201. The van der Waals surface area contributed by atoms with E-state index in [2.05, 4.69) is 16.0 Å². The quantitative estimate of drug-likeness (QED) is 0.123. The number of amides is 4. The van der Waals surface area contributed by atoms with Crippen LogP contribution >= 0.6 is 11.8 Å². The van der Waals surface area contributed by atoms with Gasteiger partial charge in [-0.2, -0.15) is 11.8 Å². The van der Waals surface area contributed by atoms with Gasteiger partial charge in [0.25, 0.3) is 0 Å². The minimum Gasteiger partial charge on any atom is -0.508 e. The lowest BCUT2D eigenvalue weighted by atomic mass is 10.0. The van der Waals surface area contributed by atoms with Gasteiger partial charge in [0.1, 0.15) is 29.9 Å². The van der Waals surface area contributed by atoms with Crippen LogP contribution in [0.1, 0.15) is 25.3 Å². The normalized spacial score (nSPS) is 15.0. The fourth-order valence-corrected chi connectivity index (χ4v) is 3.49. The van der Waals surface area contributed by atoms with Gasteiger partial charge in [-0.25, -0.2) is 4.79 Å². The zero-order valence-electron chi connectivity index (χ0n) is 20.0. The third-order valence-corrected chi connectivity index (χ3v) is 5.74. The summed E-state index contributed by atoms with van der Waals surface area (Å²) in [6, 6.07) is 0.550. The van der Waals surface area contributed by atoms with Gasteiger partial charge in [0.05, 0.1) is 12.5 Å². The zero-order chi connectivity index (χ0) is 27.4. The molecule has 1 rings (SSSR count). The summed E-state index contributed by atoms with van der Waals surface area (Å²) in [4.78, 5) is 61.0. The van der Waals surface area contributed by atoms with Gasteiger partial charge in [-0.3, -0.25) is 19.2 Å². The van der Waals surface area contributed by atoms with E-state index in [1.165, 1.54) is 43.0 Å². The molecule has 0 saturated heterocycles. The highest BCUT2D eigenvalue weighted by Crippen LogP contribution is 2.12. The van der Waals surface area contributed by atoms with Crippen LogP contribution in [-0.4, -0.2) is 87.2 Å². The molecule has 0 aliphatic rings. The Bertz CT molecular complexity index is 928. The molecule has 0 saturated carbocycles. The average molecular weight is 528 g/mol. The number of hydrogen-bond donors (Lipinski definition) is 8. The summed E-state index contributed by atoms with van der Waals surface area (Å²) in [6.45, 7) is 1.31. The molecule has 4 amide bonds. The molecule has 10 N–H and O–H groups in total. The second-order valence-electron chi connectivity index (χ2n) is 8.11. The maximum atomic E-state index is 13.2. The van der Waals surface area contributed by atoms with Gasteiger partial charge >= 0.3 is 5.97 Å². The lowest BCUT2D eigenvalue weighted by Crippen LogP contribution is -2.58. The lowest BCUT2D eigenvalue weighted by Gasteiger charge is -2.25. The third kappa shape index (κ3) is 10.5. The molecule has 14 heteroatoms. The van der Waals surface area contributed by atoms with E-state index in [-0.39, 0.29) is 18.6 Å². The summed E-state index contributed by atoms with van der Waals surface area (Å²) in [5.41, 5.74) is 11.3. The predicted octanol–water partition coefficient (Wildman–Crippen LogP) is -2.19. The molecular weight excluding hydrogens is 494 g/mol. The average Bonchev–Trinajstić information content (AvgIpc) is 2.80. The Morgan fingerprint density at radius 3 is 1.97 bits per heavy atom. The van der Waals surface area contributed by atoms with Gasteiger partial charge in [0.2, 0.25) is 23.6 Å². The fraction of sp³-hybridized carbons (Fsp3) is 0.500. The number of carbonyl (C=O) groups is 5. The summed E-state index contributed by atoms with van der Waals surface area (Å²) in [7, 11) is 0. The van der Waals surface area contributed by atoms with Crippen LogP contribution in [-0.2, 0) is 30.4 Å². The summed E-state index contributed by atoms with van der Waals surface area (Å²) < 4.78 is 0. The van der Waals surface area contributed by atoms with Gasteiger partial charge in [-0.15, -0.1) is 0 Å². The van der Waals surface area contributed by atoms with E-state index in [4.69, 9.17) is 11.5 Å². The molecule has 0 aliphatic carbocycles. The number of phenolic OH excluding ortho intramolecular Hbond substituents is 1. The molecule has 0 aromatic heterocycles. The smallest absolute Gasteiger partial charge is 0.326 e. The number of benzene rings is 1. The van der Waals surface area contributed by atoms with E-state index in [9.17, 15) is 39.3 Å². The predicted molar refractivity (Wildman–Crippen MR) is 132 cm³/mol. The lowest BCUT2D eigenvalue weighted by molar-refractivity contribution is -0.143. The Labute approximate surface area is 212 Å². The molecule has 1 aromatic carbocycles. The summed E-state index contributed by atoms with van der Waals surface area (Å²) in [5, 5.41) is 35.6. The van der Waals surface area contributed by atoms with E-state index in [1.807, 2.05) is 0 Å². The number of thioether (sulfide) groups is 1. The number of aliphatic hydroxyl groups is 1. The second-order valence-corrected chi connectivity index (χ2v) is 9.10. The van der Waals surface area contributed by atoms with Crippen molar-refractivity contribution in [2.75, 3.05) is 12.0 Å².